The van der Waals surface area contributed by atoms with Crippen LogP contribution in [0.4, 0.5) is 10.5 Å². The van der Waals surface area contributed by atoms with E-state index < -0.39 is 11.9 Å². The molecule has 3 amide bonds. The predicted molar refractivity (Wildman–Crippen MR) is 109 cm³/mol. The summed E-state index contributed by atoms with van der Waals surface area (Å²) in [5, 5.41) is 0. The van der Waals surface area contributed by atoms with Gasteiger partial charge in [0.1, 0.15) is 11.9 Å². The molecule has 0 bridgehead atoms. The molecule has 2 aromatic rings. The Morgan fingerprint density at radius 1 is 1.07 bits per heavy atom. The summed E-state index contributed by atoms with van der Waals surface area (Å²) in [7, 11) is 0. The number of amides is 3. The van der Waals surface area contributed by atoms with E-state index in [4.69, 9.17) is 5.73 Å². The lowest BCUT2D eigenvalue weighted by atomic mass is 10.1. The number of carbonyl (C=O) groups is 2. The minimum atomic E-state index is -0.602. The van der Waals surface area contributed by atoms with Gasteiger partial charge in [-0.3, -0.25) is 14.6 Å². The molecule has 0 aliphatic carbocycles. The van der Waals surface area contributed by atoms with Gasteiger partial charge in [-0.1, -0.05) is 0 Å². The van der Waals surface area contributed by atoms with Crippen LogP contribution < -0.4 is 10.6 Å². The summed E-state index contributed by atoms with van der Waals surface area (Å²) in [6.45, 7) is 3.76. The van der Waals surface area contributed by atoms with Gasteiger partial charge in [0, 0.05) is 30.3 Å². The number of primary amides is 1. The zero-order valence-electron chi connectivity index (χ0n) is 16.4. The second-order valence-electron chi connectivity index (χ2n) is 8.12. The lowest BCUT2D eigenvalue weighted by Gasteiger charge is -2.23. The van der Waals surface area contributed by atoms with Crippen molar-refractivity contribution in [3.05, 3.63) is 42.5 Å². The standard InChI is InChI=1S/C21H26N6O2/c22-20(28)19-17-4-3-12-26(17)21(29)27(19)16-7-5-15(6-8-16)25-13-9-23-18(25)14-24-10-1-2-11-24/h5-9,13,17,19H,1-4,10-12,14H2,(H2,22,28)/t17-,19?/m1/s1. The molecule has 3 saturated heterocycles. The highest BCUT2D eigenvalue weighted by atomic mass is 16.2. The van der Waals surface area contributed by atoms with Crippen molar-refractivity contribution >= 4 is 17.6 Å². The molecule has 1 aromatic carbocycles. The summed E-state index contributed by atoms with van der Waals surface area (Å²) >= 11 is 0. The van der Waals surface area contributed by atoms with Gasteiger partial charge >= 0.3 is 6.03 Å². The third kappa shape index (κ3) is 3.07. The van der Waals surface area contributed by atoms with Gasteiger partial charge < -0.3 is 15.2 Å². The van der Waals surface area contributed by atoms with Gasteiger partial charge in [0.2, 0.25) is 5.91 Å². The van der Waals surface area contributed by atoms with Crippen LogP contribution in [0.25, 0.3) is 5.69 Å². The molecule has 29 heavy (non-hydrogen) atoms. The molecule has 1 aromatic heterocycles. The second-order valence-corrected chi connectivity index (χ2v) is 8.12. The number of fused-ring (bicyclic) bond motifs is 1. The first-order valence-corrected chi connectivity index (χ1v) is 10.4. The molecule has 4 heterocycles. The molecule has 1 unspecified atom stereocenters. The number of likely N-dealkylation sites (tertiary alicyclic amines) is 1. The molecule has 0 saturated carbocycles. The number of aromatic nitrogens is 2. The number of hydrogen-bond acceptors (Lipinski definition) is 4. The van der Waals surface area contributed by atoms with Crippen LogP contribution in [0, 0.1) is 0 Å². The van der Waals surface area contributed by atoms with Gasteiger partial charge in [-0.05, 0) is 63.0 Å². The highest BCUT2D eigenvalue weighted by molar-refractivity contribution is 6.03. The van der Waals surface area contributed by atoms with Gasteiger partial charge in [-0.25, -0.2) is 9.78 Å². The van der Waals surface area contributed by atoms with Crippen molar-refractivity contribution < 1.29 is 9.59 Å². The molecule has 8 nitrogen and oxygen atoms in total. The van der Waals surface area contributed by atoms with Gasteiger partial charge in [0.25, 0.3) is 0 Å². The summed E-state index contributed by atoms with van der Waals surface area (Å²) in [5.41, 5.74) is 7.37. The van der Waals surface area contributed by atoms with Crippen LogP contribution in [0.3, 0.4) is 0 Å². The fraction of sp³-hybridized carbons (Fsp3) is 0.476. The van der Waals surface area contributed by atoms with Crippen molar-refractivity contribution in [3.63, 3.8) is 0 Å². The maximum absolute atomic E-state index is 12.9. The average molecular weight is 394 g/mol. The Bertz CT molecular complexity index is 918. The van der Waals surface area contributed by atoms with Crippen LogP contribution >= 0.6 is 0 Å². The number of hydrogen-bond donors (Lipinski definition) is 1. The third-order valence-corrected chi connectivity index (χ3v) is 6.37. The first kappa shape index (κ1) is 18.2. The number of anilines is 1. The van der Waals surface area contributed by atoms with E-state index in [0.29, 0.717) is 12.2 Å². The summed E-state index contributed by atoms with van der Waals surface area (Å²) in [6, 6.07) is 6.89. The second kappa shape index (κ2) is 7.18. The third-order valence-electron chi connectivity index (χ3n) is 6.37. The molecular weight excluding hydrogens is 368 g/mol. The first-order chi connectivity index (χ1) is 14.1. The number of carbonyl (C=O) groups excluding carboxylic acids is 2. The van der Waals surface area contributed by atoms with Gasteiger partial charge in [0.15, 0.2) is 0 Å². The highest BCUT2D eigenvalue weighted by Gasteiger charge is 2.51. The fourth-order valence-corrected chi connectivity index (χ4v) is 4.98. The molecule has 152 valence electrons. The van der Waals surface area contributed by atoms with Crippen molar-refractivity contribution in [3.8, 4) is 5.69 Å². The predicted octanol–water partition coefficient (Wildman–Crippen LogP) is 1.73. The zero-order chi connectivity index (χ0) is 20.0. The van der Waals surface area contributed by atoms with Crippen molar-refractivity contribution in [2.45, 2.75) is 44.3 Å². The molecular formula is C21H26N6O2. The Balaban J connectivity index is 1.40. The molecule has 5 rings (SSSR count). The molecule has 8 heteroatoms. The van der Waals surface area contributed by atoms with Crippen LogP contribution in [0.5, 0.6) is 0 Å². The Labute approximate surface area is 169 Å². The first-order valence-electron chi connectivity index (χ1n) is 10.4. The zero-order valence-corrected chi connectivity index (χ0v) is 16.4. The van der Waals surface area contributed by atoms with E-state index in [2.05, 4.69) is 14.5 Å². The van der Waals surface area contributed by atoms with E-state index >= 15 is 0 Å². The van der Waals surface area contributed by atoms with E-state index in [-0.39, 0.29) is 12.1 Å². The van der Waals surface area contributed by atoms with Crippen molar-refractivity contribution in [2.75, 3.05) is 24.5 Å². The lowest BCUT2D eigenvalue weighted by molar-refractivity contribution is -0.119. The van der Waals surface area contributed by atoms with E-state index in [1.165, 1.54) is 12.8 Å². The summed E-state index contributed by atoms with van der Waals surface area (Å²) in [5.74, 6) is 0.562. The van der Waals surface area contributed by atoms with E-state index in [1.807, 2.05) is 36.7 Å². The van der Waals surface area contributed by atoms with Crippen LogP contribution in [0.15, 0.2) is 36.7 Å². The molecule has 3 fully saturated rings. The van der Waals surface area contributed by atoms with E-state index in [9.17, 15) is 9.59 Å². The Kier molecular flexibility index (Phi) is 4.50. The van der Waals surface area contributed by atoms with Crippen molar-refractivity contribution in [2.24, 2.45) is 5.73 Å². The SMILES string of the molecule is NC(=O)C1[C@H]2CCCN2C(=O)N1c1ccc(-n2ccnc2CN2CCCC2)cc1. The maximum Gasteiger partial charge on any atom is 0.325 e. The van der Waals surface area contributed by atoms with E-state index in [0.717, 1.165) is 44.0 Å². The molecule has 0 spiro atoms. The maximum atomic E-state index is 12.9. The highest BCUT2D eigenvalue weighted by Crippen LogP contribution is 2.35. The number of rotatable bonds is 5. The van der Waals surface area contributed by atoms with Gasteiger partial charge in [0.05, 0.1) is 12.6 Å². The summed E-state index contributed by atoms with van der Waals surface area (Å²) in [6.07, 6.45) is 8.03. The van der Waals surface area contributed by atoms with Crippen LogP contribution in [-0.4, -0.2) is 63.0 Å². The van der Waals surface area contributed by atoms with Gasteiger partial charge in [-0.15, -0.1) is 0 Å². The molecule has 0 radical (unpaired) electrons. The number of urea groups is 1. The number of nitrogens with zero attached hydrogens (tertiary/aromatic N) is 5. The fourth-order valence-electron chi connectivity index (χ4n) is 4.98. The largest absolute Gasteiger partial charge is 0.368 e. The monoisotopic (exact) mass is 394 g/mol. The van der Waals surface area contributed by atoms with E-state index in [1.54, 1.807) is 9.80 Å². The van der Waals surface area contributed by atoms with Crippen LogP contribution in [0.2, 0.25) is 0 Å². The topological polar surface area (TPSA) is 87.7 Å². The summed E-state index contributed by atoms with van der Waals surface area (Å²) in [4.78, 5) is 35.3. The number of nitrogens with two attached hydrogens (primary N) is 1. The normalized spacial score (nSPS) is 24.5. The van der Waals surface area contributed by atoms with Crippen LogP contribution in [0.1, 0.15) is 31.5 Å². The molecule has 2 N–H and O–H groups in total. The quantitative estimate of drug-likeness (QED) is 0.837. The number of benzene rings is 1. The molecule has 3 aliphatic heterocycles. The van der Waals surface area contributed by atoms with Gasteiger partial charge in [-0.2, -0.15) is 0 Å². The van der Waals surface area contributed by atoms with Crippen molar-refractivity contribution in [1.29, 1.82) is 0 Å². The van der Waals surface area contributed by atoms with Crippen molar-refractivity contribution in [1.82, 2.24) is 19.4 Å². The smallest absolute Gasteiger partial charge is 0.325 e. The summed E-state index contributed by atoms with van der Waals surface area (Å²) < 4.78 is 2.08. The Morgan fingerprint density at radius 2 is 1.79 bits per heavy atom. The number of imidazole rings is 1. The lowest BCUT2D eigenvalue weighted by Crippen LogP contribution is -2.46. The Hall–Kier alpha value is -2.87. The Morgan fingerprint density at radius 3 is 2.52 bits per heavy atom. The van der Waals surface area contributed by atoms with Crippen LogP contribution in [-0.2, 0) is 11.3 Å². The minimum absolute atomic E-state index is 0.111. The molecule has 2 atom stereocenters. The minimum Gasteiger partial charge on any atom is -0.368 e. The average Bonchev–Trinajstić information content (AvgIpc) is 3.49. The molecule has 3 aliphatic rings.